The number of carbonyl (C=O) groups is 1. The highest BCUT2D eigenvalue weighted by Gasteiger charge is 2.28. The molecule has 6 nitrogen and oxygen atoms in total. The summed E-state index contributed by atoms with van der Waals surface area (Å²) in [6, 6.07) is -1.01. The van der Waals surface area contributed by atoms with Crippen molar-refractivity contribution in [1.29, 1.82) is 0 Å². The second-order valence-corrected chi connectivity index (χ2v) is 20.7. The van der Waals surface area contributed by atoms with Crippen LogP contribution >= 0.6 is 0 Å². The SMILES string of the molecule is CCCCCCCCCCCCC/C=C\CCCCCCCCC(O)C(=O)NC(CO)C(O)C(O)CCC/C=C/CC/C=C/CCCCCCCCCCCCCCCCCCCCCCC. The van der Waals surface area contributed by atoms with Crippen LogP contribution in [0.3, 0.4) is 0 Å². The number of unbranched alkanes of at least 4 members (excludes halogenated alkanes) is 40. The maximum absolute atomic E-state index is 12.6. The predicted octanol–water partition coefficient (Wildman–Crippen LogP) is 17.6. The van der Waals surface area contributed by atoms with Gasteiger partial charge in [0.05, 0.1) is 18.8 Å². The molecule has 0 aromatic carbocycles. The van der Waals surface area contributed by atoms with Crippen molar-refractivity contribution in [3.8, 4) is 0 Å². The first-order valence-electron chi connectivity index (χ1n) is 29.9. The Labute approximate surface area is 417 Å². The topological polar surface area (TPSA) is 110 Å². The van der Waals surface area contributed by atoms with Gasteiger partial charge < -0.3 is 25.7 Å². The normalized spacial score (nSPS) is 13.9. The molecule has 4 atom stereocenters. The lowest BCUT2D eigenvalue weighted by Gasteiger charge is -2.27. The van der Waals surface area contributed by atoms with Gasteiger partial charge in [0.2, 0.25) is 5.91 Å². The molecule has 0 heterocycles. The van der Waals surface area contributed by atoms with Crippen LogP contribution in [0.15, 0.2) is 36.5 Å². The number of aliphatic hydroxyl groups is 4. The quantitative estimate of drug-likeness (QED) is 0.0308. The summed E-state index contributed by atoms with van der Waals surface area (Å²) in [5.74, 6) is -0.599. The van der Waals surface area contributed by atoms with Gasteiger partial charge in [-0.25, -0.2) is 0 Å². The van der Waals surface area contributed by atoms with E-state index in [2.05, 4.69) is 55.6 Å². The van der Waals surface area contributed by atoms with Crippen molar-refractivity contribution in [3.05, 3.63) is 36.5 Å². The molecule has 0 saturated carbocycles. The molecule has 67 heavy (non-hydrogen) atoms. The predicted molar refractivity (Wildman–Crippen MR) is 293 cm³/mol. The molecule has 0 spiro atoms. The maximum Gasteiger partial charge on any atom is 0.249 e. The molecule has 4 unspecified atom stereocenters. The second kappa shape index (κ2) is 55.5. The van der Waals surface area contributed by atoms with E-state index in [0.717, 1.165) is 51.4 Å². The van der Waals surface area contributed by atoms with Crippen LogP contribution in [0, 0.1) is 0 Å². The average Bonchev–Trinajstić information content (AvgIpc) is 3.33. The van der Waals surface area contributed by atoms with Crippen molar-refractivity contribution in [2.75, 3.05) is 6.61 Å². The van der Waals surface area contributed by atoms with Crippen molar-refractivity contribution in [2.45, 2.75) is 340 Å². The molecule has 6 heteroatoms. The zero-order chi connectivity index (χ0) is 48.8. The van der Waals surface area contributed by atoms with Gasteiger partial charge >= 0.3 is 0 Å². The summed E-state index contributed by atoms with van der Waals surface area (Å²) in [7, 11) is 0. The second-order valence-electron chi connectivity index (χ2n) is 20.7. The van der Waals surface area contributed by atoms with E-state index in [1.54, 1.807) is 0 Å². The van der Waals surface area contributed by atoms with Gasteiger partial charge in [-0.2, -0.15) is 0 Å². The summed E-state index contributed by atoms with van der Waals surface area (Å²) in [6.07, 6.45) is 69.5. The molecule has 0 saturated heterocycles. The Morgan fingerprint density at radius 1 is 0.358 bits per heavy atom. The van der Waals surface area contributed by atoms with Crippen LogP contribution < -0.4 is 5.32 Å². The number of rotatable bonds is 55. The van der Waals surface area contributed by atoms with E-state index in [9.17, 15) is 25.2 Å². The largest absolute Gasteiger partial charge is 0.394 e. The first-order valence-corrected chi connectivity index (χ1v) is 29.9. The molecule has 1 amide bonds. The number of hydrogen-bond donors (Lipinski definition) is 5. The van der Waals surface area contributed by atoms with Gasteiger partial charge in [0, 0.05) is 0 Å². The van der Waals surface area contributed by atoms with E-state index in [4.69, 9.17) is 0 Å². The van der Waals surface area contributed by atoms with Crippen molar-refractivity contribution in [2.24, 2.45) is 0 Å². The fraction of sp³-hybridized carbons (Fsp3) is 0.885. The number of amides is 1. The summed E-state index contributed by atoms with van der Waals surface area (Å²) in [4.78, 5) is 12.6. The molecule has 0 fully saturated rings. The smallest absolute Gasteiger partial charge is 0.249 e. The van der Waals surface area contributed by atoms with E-state index in [1.807, 2.05) is 0 Å². The summed E-state index contributed by atoms with van der Waals surface area (Å²) in [5, 5.41) is 44.0. The van der Waals surface area contributed by atoms with E-state index < -0.39 is 36.9 Å². The maximum atomic E-state index is 12.6. The molecule has 0 aliphatic heterocycles. The molecule has 5 N–H and O–H groups in total. The zero-order valence-electron chi connectivity index (χ0n) is 44.9. The monoisotopic (exact) mass is 944 g/mol. The summed E-state index contributed by atoms with van der Waals surface area (Å²) < 4.78 is 0. The van der Waals surface area contributed by atoms with Gasteiger partial charge in [0.25, 0.3) is 0 Å². The fourth-order valence-corrected chi connectivity index (χ4v) is 9.36. The number of allylic oxidation sites excluding steroid dienone is 6. The molecule has 0 aliphatic carbocycles. The van der Waals surface area contributed by atoms with Gasteiger partial charge in [-0.15, -0.1) is 0 Å². The summed E-state index contributed by atoms with van der Waals surface area (Å²) in [6.45, 7) is 4.07. The van der Waals surface area contributed by atoms with Crippen LogP contribution in [0.4, 0.5) is 0 Å². The third-order valence-electron chi connectivity index (χ3n) is 14.1. The highest BCUT2D eigenvalue weighted by atomic mass is 16.3. The Hall–Kier alpha value is -1.47. The molecule has 0 aromatic rings. The number of nitrogens with one attached hydrogen (secondary N) is 1. The molecule has 0 aromatic heterocycles. The average molecular weight is 945 g/mol. The van der Waals surface area contributed by atoms with Crippen molar-refractivity contribution in [1.82, 2.24) is 5.32 Å². The highest BCUT2D eigenvalue weighted by molar-refractivity contribution is 5.80. The van der Waals surface area contributed by atoms with Crippen LogP contribution in [0.25, 0.3) is 0 Å². The molecular weight excluding hydrogens is 827 g/mol. The zero-order valence-corrected chi connectivity index (χ0v) is 44.9. The lowest BCUT2D eigenvalue weighted by atomic mass is 10.00. The Balaban J connectivity index is 3.66. The Morgan fingerprint density at radius 2 is 0.627 bits per heavy atom. The molecule has 0 radical (unpaired) electrons. The van der Waals surface area contributed by atoms with Gasteiger partial charge in [-0.05, 0) is 77.0 Å². The lowest BCUT2D eigenvalue weighted by molar-refractivity contribution is -0.132. The first kappa shape index (κ1) is 65.5. The van der Waals surface area contributed by atoms with Gasteiger partial charge in [-0.3, -0.25) is 4.79 Å². The Morgan fingerprint density at radius 3 is 0.940 bits per heavy atom. The van der Waals surface area contributed by atoms with Crippen LogP contribution in [0.5, 0.6) is 0 Å². The third kappa shape index (κ3) is 49.3. The van der Waals surface area contributed by atoms with Crippen molar-refractivity contribution in [3.63, 3.8) is 0 Å². The molecule has 396 valence electrons. The molecular formula is C61H117NO5. The van der Waals surface area contributed by atoms with Gasteiger partial charge in [0.15, 0.2) is 0 Å². The summed E-state index contributed by atoms with van der Waals surface area (Å²) >= 11 is 0. The van der Waals surface area contributed by atoms with Crippen LogP contribution in [-0.4, -0.2) is 57.3 Å². The van der Waals surface area contributed by atoms with Crippen LogP contribution in [0.2, 0.25) is 0 Å². The third-order valence-corrected chi connectivity index (χ3v) is 14.1. The number of carbonyl (C=O) groups excluding carboxylic acids is 1. The van der Waals surface area contributed by atoms with Crippen molar-refractivity contribution >= 4 is 5.91 Å². The minimum absolute atomic E-state index is 0.353. The van der Waals surface area contributed by atoms with Gasteiger partial charge in [0.1, 0.15) is 12.2 Å². The molecule has 0 aliphatic rings. The van der Waals surface area contributed by atoms with E-state index >= 15 is 0 Å². The highest BCUT2D eigenvalue weighted by Crippen LogP contribution is 2.17. The van der Waals surface area contributed by atoms with Crippen LogP contribution in [-0.2, 0) is 4.79 Å². The molecule has 0 rings (SSSR count). The van der Waals surface area contributed by atoms with Crippen LogP contribution in [0.1, 0.15) is 316 Å². The fourth-order valence-electron chi connectivity index (χ4n) is 9.36. The van der Waals surface area contributed by atoms with E-state index in [0.29, 0.717) is 19.3 Å². The molecule has 0 bridgehead atoms. The van der Waals surface area contributed by atoms with Crippen molar-refractivity contribution < 1.29 is 25.2 Å². The van der Waals surface area contributed by atoms with E-state index in [-0.39, 0.29) is 0 Å². The first-order chi connectivity index (χ1) is 33.0. The number of aliphatic hydroxyl groups excluding tert-OH is 4. The van der Waals surface area contributed by atoms with E-state index in [1.165, 1.54) is 231 Å². The lowest BCUT2D eigenvalue weighted by Crippen LogP contribution is -2.53. The van der Waals surface area contributed by atoms with Gasteiger partial charge in [-0.1, -0.05) is 275 Å². The Bertz CT molecular complexity index is 1060. The summed E-state index contributed by atoms with van der Waals surface area (Å²) in [5.41, 5.74) is 0. The standard InChI is InChI=1S/C61H117NO5/c1-3-5-7-9-11-13-15-17-19-21-23-25-26-27-28-29-30-31-32-33-35-36-38-40-42-44-46-48-50-52-54-58(64)60(66)57(56-63)62-61(67)59(65)55-53-51-49-47-45-43-41-39-37-34-24-22-20-18-16-14-12-10-8-6-4-2/h37-40,46,48,57-60,63-66H,3-36,41-45,47,49-56H2,1-2H3,(H,62,67)/b39-37-,40-38+,48-46+. The minimum Gasteiger partial charge on any atom is -0.394 e. The Kier molecular flexibility index (Phi) is 54.2. The number of hydrogen-bond acceptors (Lipinski definition) is 5. The minimum atomic E-state index is -1.29.